The van der Waals surface area contributed by atoms with E-state index in [1.165, 1.54) is 0 Å². The summed E-state index contributed by atoms with van der Waals surface area (Å²) in [6.45, 7) is 4.28. The third kappa shape index (κ3) is 3.69. The first-order chi connectivity index (χ1) is 7.67. The van der Waals surface area contributed by atoms with Crippen molar-refractivity contribution in [3.63, 3.8) is 0 Å². The zero-order chi connectivity index (χ0) is 12.0. The average Bonchev–Trinajstić information content (AvgIpc) is 2.29. The van der Waals surface area contributed by atoms with E-state index in [4.69, 9.17) is 5.11 Å². The fourth-order valence-corrected chi connectivity index (χ4v) is 1.89. The number of hydrogen-bond acceptors (Lipinski definition) is 2. The number of benzene rings is 1. The molecule has 0 amide bonds. The van der Waals surface area contributed by atoms with Gasteiger partial charge in [-0.2, -0.15) is 0 Å². The minimum absolute atomic E-state index is 0.181. The van der Waals surface area contributed by atoms with E-state index in [2.05, 4.69) is 13.8 Å². The molecule has 0 aliphatic rings. The van der Waals surface area contributed by atoms with Crippen LogP contribution in [-0.4, -0.2) is 10.9 Å². The van der Waals surface area contributed by atoms with E-state index in [1.807, 2.05) is 0 Å². The predicted molar refractivity (Wildman–Crippen MR) is 65.7 cm³/mol. The molecule has 1 aromatic carbocycles. The van der Waals surface area contributed by atoms with Gasteiger partial charge in [0.15, 0.2) is 5.78 Å². The molecule has 0 unspecified atom stereocenters. The molecule has 0 aromatic heterocycles. The number of rotatable bonds is 6. The van der Waals surface area contributed by atoms with E-state index in [1.54, 1.807) is 24.3 Å². The van der Waals surface area contributed by atoms with Gasteiger partial charge in [0.25, 0.3) is 0 Å². The van der Waals surface area contributed by atoms with Crippen LogP contribution >= 0.6 is 0 Å². The van der Waals surface area contributed by atoms with Crippen molar-refractivity contribution < 1.29 is 9.90 Å². The van der Waals surface area contributed by atoms with Crippen LogP contribution in [-0.2, 0) is 0 Å². The summed E-state index contributed by atoms with van der Waals surface area (Å²) in [5.41, 5.74) is 0.701. The number of carbonyl (C=O) groups excluding carboxylic acids is 1. The van der Waals surface area contributed by atoms with Crippen molar-refractivity contribution >= 4 is 5.78 Å². The molecule has 0 aliphatic heterocycles. The van der Waals surface area contributed by atoms with Crippen LogP contribution in [0.15, 0.2) is 24.3 Å². The zero-order valence-electron chi connectivity index (χ0n) is 10.1. The molecule has 0 fully saturated rings. The van der Waals surface area contributed by atoms with Crippen molar-refractivity contribution in [1.29, 1.82) is 0 Å². The summed E-state index contributed by atoms with van der Waals surface area (Å²) in [5.74, 6) is 0.878. The molecule has 0 saturated carbocycles. The number of Topliss-reactive ketones (excluding diaryl/α,β-unsaturated/α-hetero) is 1. The number of hydrogen-bond donors (Lipinski definition) is 1. The Hall–Kier alpha value is -1.31. The standard InChI is InChI=1S/C14H20O2/c1-3-5-11(4-2)10-14(16)12-6-8-13(15)9-7-12/h6-9,11,15H,3-5,10H2,1-2H3/t11-/m1/s1. The number of aromatic hydroxyl groups is 1. The minimum Gasteiger partial charge on any atom is -0.508 e. The molecule has 2 nitrogen and oxygen atoms in total. The molecule has 1 aromatic rings. The fourth-order valence-electron chi connectivity index (χ4n) is 1.89. The first-order valence-corrected chi connectivity index (χ1v) is 5.99. The van der Waals surface area contributed by atoms with Gasteiger partial charge in [-0.05, 0) is 30.2 Å². The normalized spacial score (nSPS) is 12.4. The molecule has 16 heavy (non-hydrogen) atoms. The van der Waals surface area contributed by atoms with Crippen LogP contribution in [0.4, 0.5) is 0 Å². The summed E-state index contributed by atoms with van der Waals surface area (Å²) in [4.78, 5) is 11.9. The van der Waals surface area contributed by atoms with Crippen LogP contribution in [0.3, 0.4) is 0 Å². The highest BCUT2D eigenvalue weighted by atomic mass is 16.3. The number of phenols is 1. The highest BCUT2D eigenvalue weighted by Gasteiger charge is 2.12. The Bertz CT molecular complexity index is 327. The molecule has 0 heterocycles. The molecule has 0 bridgehead atoms. The van der Waals surface area contributed by atoms with Crippen molar-refractivity contribution in [2.75, 3.05) is 0 Å². The Kier molecular flexibility index (Phi) is 5.03. The molecule has 1 atom stereocenters. The Morgan fingerprint density at radius 1 is 1.25 bits per heavy atom. The molecular formula is C14H20O2. The van der Waals surface area contributed by atoms with Gasteiger partial charge < -0.3 is 5.11 Å². The summed E-state index contributed by atoms with van der Waals surface area (Å²) >= 11 is 0. The number of phenolic OH excluding ortho intramolecular Hbond substituents is 1. The van der Waals surface area contributed by atoms with E-state index < -0.39 is 0 Å². The summed E-state index contributed by atoms with van der Waals surface area (Å²) in [6, 6.07) is 6.51. The maximum atomic E-state index is 11.9. The Morgan fingerprint density at radius 2 is 1.88 bits per heavy atom. The van der Waals surface area contributed by atoms with E-state index in [0.29, 0.717) is 17.9 Å². The van der Waals surface area contributed by atoms with Gasteiger partial charge in [0.1, 0.15) is 5.75 Å². The number of carbonyl (C=O) groups is 1. The second kappa shape index (κ2) is 6.31. The molecule has 2 heteroatoms. The van der Waals surface area contributed by atoms with Gasteiger partial charge in [0.2, 0.25) is 0 Å². The average molecular weight is 220 g/mol. The van der Waals surface area contributed by atoms with Crippen LogP contribution in [0.2, 0.25) is 0 Å². The SMILES string of the molecule is CCC[C@@H](CC)CC(=O)c1ccc(O)cc1. The van der Waals surface area contributed by atoms with Gasteiger partial charge in [-0.15, -0.1) is 0 Å². The molecule has 88 valence electrons. The van der Waals surface area contributed by atoms with E-state index in [9.17, 15) is 4.79 Å². The van der Waals surface area contributed by atoms with Crippen molar-refractivity contribution in [3.8, 4) is 5.75 Å². The van der Waals surface area contributed by atoms with E-state index in [0.717, 1.165) is 19.3 Å². The minimum atomic E-state index is 0.181. The van der Waals surface area contributed by atoms with E-state index in [-0.39, 0.29) is 11.5 Å². The summed E-state index contributed by atoms with van der Waals surface area (Å²) in [6.07, 6.45) is 3.91. The lowest BCUT2D eigenvalue weighted by Gasteiger charge is -2.12. The highest BCUT2D eigenvalue weighted by Crippen LogP contribution is 2.19. The highest BCUT2D eigenvalue weighted by molar-refractivity contribution is 5.96. The zero-order valence-corrected chi connectivity index (χ0v) is 10.1. The van der Waals surface area contributed by atoms with Gasteiger partial charge in [0.05, 0.1) is 0 Å². The van der Waals surface area contributed by atoms with Crippen LogP contribution in [0.1, 0.15) is 49.9 Å². The molecule has 0 saturated heterocycles. The van der Waals surface area contributed by atoms with Crippen molar-refractivity contribution in [2.24, 2.45) is 5.92 Å². The maximum Gasteiger partial charge on any atom is 0.163 e. The number of ketones is 1. The first kappa shape index (κ1) is 12.8. The molecular weight excluding hydrogens is 200 g/mol. The van der Waals surface area contributed by atoms with Gasteiger partial charge in [-0.1, -0.05) is 33.1 Å². The molecule has 0 spiro atoms. The second-order valence-electron chi connectivity index (χ2n) is 4.24. The first-order valence-electron chi connectivity index (χ1n) is 5.99. The molecule has 0 aliphatic carbocycles. The summed E-state index contributed by atoms with van der Waals surface area (Å²) in [7, 11) is 0. The lowest BCUT2D eigenvalue weighted by molar-refractivity contribution is 0.0957. The largest absolute Gasteiger partial charge is 0.508 e. The summed E-state index contributed by atoms with van der Waals surface area (Å²) in [5, 5.41) is 9.14. The van der Waals surface area contributed by atoms with E-state index >= 15 is 0 Å². The topological polar surface area (TPSA) is 37.3 Å². The van der Waals surface area contributed by atoms with Gasteiger partial charge in [-0.3, -0.25) is 4.79 Å². The monoisotopic (exact) mass is 220 g/mol. The quantitative estimate of drug-likeness (QED) is 0.740. The van der Waals surface area contributed by atoms with Crippen molar-refractivity contribution in [3.05, 3.63) is 29.8 Å². The maximum absolute atomic E-state index is 11.9. The van der Waals surface area contributed by atoms with Crippen molar-refractivity contribution in [1.82, 2.24) is 0 Å². The van der Waals surface area contributed by atoms with Crippen LogP contribution in [0.25, 0.3) is 0 Å². The predicted octanol–water partition coefficient (Wildman–Crippen LogP) is 3.79. The van der Waals surface area contributed by atoms with Crippen molar-refractivity contribution in [2.45, 2.75) is 39.5 Å². The Balaban J connectivity index is 2.60. The Labute approximate surface area is 97.3 Å². The molecule has 0 radical (unpaired) electrons. The Morgan fingerprint density at radius 3 is 2.38 bits per heavy atom. The van der Waals surface area contributed by atoms with Gasteiger partial charge in [0, 0.05) is 12.0 Å². The fraction of sp³-hybridized carbons (Fsp3) is 0.500. The third-order valence-corrected chi connectivity index (χ3v) is 2.94. The third-order valence-electron chi connectivity index (χ3n) is 2.94. The van der Waals surface area contributed by atoms with Gasteiger partial charge >= 0.3 is 0 Å². The van der Waals surface area contributed by atoms with Crippen LogP contribution in [0, 0.1) is 5.92 Å². The van der Waals surface area contributed by atoms with Crippen LogP contribution in [0.5, 0.6) is 5.75 Å². The summed E-state index contributed by atoms with van der Waals surface area (Å²) < 4.78 is 0. The van der Waals surface area contributed by atoms with Crippen LogP contribution < -0.4 is 0 Å². The second-order valence-corrected chi connectivity index (χ2v) is 4.24. The van der Waals surface area contributed by atoms with Gasteiger partial charge in [-0.25, -0.2) is 0 Å². The molecule has 1 rings (SSSR count). The lowest BCUT2D eigenvalue weighted by atomic mass is 9.92. The molecule has 1 N–H and O–H groups in total. The lowest BCUT2D eigenvalue weighted by Crippen LogP contribution is -2.08. The smallest absolute Gasteiger partial charge is 0.163 e.